The molecule has 19 N–H and O–H groups in total. The van der Waals surface area contributed by atoms with Crippen LogP contribution in [0, 0.1) is 17.7 Å². The molecule has 11 rings (SSSR count). The number of phenolic OH excluding ortho intramolecular Hbond substituents is 3. The van der Waals surface area contributed by atoms with Crippen LogP contribution in [0.25, 0.3) is 11.1 Å². The Morgan fingerprint density at radius 2 is 1.43 bits per heavy atom. The zero-order chi connectivity index (χ0) is 79.3. The highest BCUT2D eigenvalue weighted by Crippen LogP contribution is 2.50. The van der Waals surface area contributed by atoms with Crippen LogP contribution >= 0.6 is 30.8 Å². The number of carbonyl (C=O) groups is 8. The highest BCUT2D eigenvalue weighted by atomic mass is 35.5. The number of primary amides is 1. The van der Waals surface area contributed by atoms with Gasteiger partial charge in [-0.1, -0.05) is 74.3 Å². The van der Waals surface area contributed by atoms with Crippen LogP contribution < -0.4 is 51.8 Å². The number of aromatic hydroxyl groups is 3. The molecule has 2 fully saturated rings. The van der Waals surface area contributed by atoms with Gasteiger partial charge in [-0.3, -0.25) is 42.9 Å². The maximum atomic E-state index is 15.4. The van der Waals surface area contributed by atoms with E-state index < -0.39 is 248 Å². The minimum absolute atomic E-state index is 0.0740. The largest absolute Gasteiger partial charge is 0.507 e. The number of likely N-dealkylation sites (N-methyl/N-ethyl adjacent to an activating group) is 1. The van der Waals surface area contributed by atoms with Crippen molar-refractivity contribution in [2.45, 2.75) is 171 Å². The number of nitrogens with one attached hydrogen (secondary N) is 6. The van der Waals surface area contributed by atoms with Crippen molar-refractivity contribution < 1.29 is 128 Å². The number of hydrogen-bond acceptors (Lipinski definition) is 26. The van der Waals surface area contributed by atoms with Gasteiger partial charge in [0, 0.05) is 51.1 Å². The van der Waals surface area contributed by atoms with Crippen LogP contribution in [-0.2, 0) is 63.7 Å². The van der Waals surface area contributed by atoms with E-state index in [4.69, 9.17) is 58.7 Å². The van der Waals surface area contributed by atoms with Crippen molar-refractivity contribution in [3.05, 3.63) is 117 Å². The van der Waals surface area contributed by atoms with Crippen LogP contribution in [0.15, 0.2) is 78.9 Å². The van der Waals surface area contributed by atoms with Crippen molar-refractivity contribution in [1.29, 1.82) is 0 Å². The first-order chi connectivity index (χ1) is 50.8. The zero-order valence-electron chi connectivity index (χ0n) is 59.5. The Morgan fingerprint density at radius 1 is 0.794 bits per heavy atom. The van der Waals surface area contributed by atoms with E-state index in [1.807, 2.05) is 13.8 Å². The number of halogens is 2. The molecule has 7 bridgehead atoms. The number of fused-ring (bicyclic) bond motifs is 16. The van der Waals surface area contributed by atoms with E-state index in [9.17, 15) is 84.3 Å². The third-order valence-electron chi connectivity index (χ3n) is 18.5. The second kappa shape index (κ2) is 35.3. The van der Waals surface area contributed by atoms with E-state index in [1.54, 1.807) is 0 Å². The molecular weight excluding hydrogens is 1470 g/mol. The third-order valence-corrected chi connectivity index (χ3v) is 19.7. The lowest BCUT2D eigenvalue weighted by molar-refractivity contribution is -0.332. The van der Waals surface area contributed by atoms with Gasteiger partial charge in [0.15, 0.2) is 41.2 Å². The van der Waals surface area contributed by atoms with Gasteiger partial charge in [0.1, 0.15) is 83.4 Å². The van der Waals surface area contributed by atoms with Gasteiger partial charge in [0.25, 0.3) is 0 Å². The van der Waals surface area contributed by atoms with Crippen LogP contribution in [0.4, 0.5) is 0 Å². The fourth-order valence-electron chi connectivity index (χ4n) is 12.9. The lowest BCUT2D eigenvalue weighted by atomic mass is 9.88. The van der Waals surface area contributed by atoms with Crippen LogP contribution in [0.2, 0.25) is 10.0 Å². The van der Waals surface area contributed by atoms with E-state index in [0.717, 1.165) is 43.3 Å². The molecule has 6 aliphatic rings. The summed E-state index contributed by atoms with van der Waals surface area (Å²) in [5.74, 6) is -16.9. The molecular formula is C71H86Cl2N7O26P. The molecule has 0 saturated carbocycles. The number of hydrogen-bond donors (Lipinski definition) is 18. The van der Waals surface area contributed by atoms with Crippen molar-refractivity contribution >= 4 is 77.7 Å². The molecule has 5 aromatic carbocycles. The van der Waals surface area contributed by atoms with Gasteiger partial charge in [-0.25, -0.2) is 0 Å². The summed E-state index contributed by atoms with van der Waals surface area (Å²) < 4.78 is 58.8. The average Bonchev–Trinajstić information content (AvgIpc) is 0.771. The standard InChI is InChI=1S/C71H86Cl2N7O26P/c1-29(2)17-42(75-6)69(96)80-58-46(86)21-36(24-52(74)87)68(95)79-57-35-22-49(102-47-14-11-33(61(58)90)19-40(47)72)66(106-71-67(65(94)64(93)51(27-81)104-71)105-54-18-30(3)60(89)32(5)101-54)50(23-35)103-48-15-12-34(20-41(48)73)62(91)59(77-53(88)16-13-44(57)84)70(97)78-56(31(4)82)38-25-45(85)39(26-76-28-107(98,99)100)63(92)55(38)37-9-7-8-10-43(37)83/h7-12,14-15,19-20,22-23,25,29-30,32,36,42,51,54,56-62,64-65,67,71,75-76,81,83,85,89-94H,13,16-18,21,24,26-28H2,1-6H3,(H2,74,87)(H,77,88)(H,78,97)(H,79,95)(H,80,96)(H2,98,99,100)/i30T. The summed E-state index contributed by atoms with van der Waals surface area (Å²) in [4.78, 5) is 135. The fourth-order valence-corrected chi connectivity index (χ4v) is 13.7. The van der Waals surface area contributed by atoms with Crippen LogP contribution in [-0.4, -0.2) is 190 Å². The number of carbonyl (C=O) groups excluding carboxylic acids is 8. The van der Waals surface area contributed by atoms with Gasteiger partial charge in [-0.15, -0.1) is 0 Å². The second-order valence-corrected chi connectivity index (χ2v) is 29.4. The van der Waals surface area contributed by atoms with Crippen LogP contribution in [0.3, 0.4) is 0 Å². The number of phenols is 3. The number of Topliss-reactive ketones (excluding diaryl/α,β-unsaturated/α-hetero) is 3. The molecule has 0 aromatic heterocycles. The quantitative estimate of drug-likeness (QED) is 0.0469. The molecule has 6 aliphatic heterocycles. The van der Waals surface area contributed by atoms with Crippen molar-refractivity contribution in [2.75, 3.05) is 19.9 Å². The number of rotatable bonds is 21. The summed E-state index contributed by atoms with van der Waals surface area (Å²) in [6.07, 6.45) is -22.3. The van der Waals surface area contributed by atoms with Gasteiger partial charge in [-0.05, 0) is 110 Å². The first kappa shape index (κ1) is 81.1. The highest BCUT2D eigenvalue weighted by Gasteiger charge is 2.50. The first-order valence-corrected chi connectivity index (χ1v) is 36.4. The fraction of sp³-hybridized carbons (Fsp3) is 0.465. The van der Waals surface area contributed by atoms with Crippen molar-refractivity contribution in [3.63, 3.8) is 0 Å². The molecule has 17 atom stereocenters. The van der Waals surface area contributed by atoms with Gasteiger partial charge < -0.3 is 122 Å². The number of nitrogens with two attached hydrogens (primary N) is 1. The Labute approximate surface area is 623 Å². The second-order valence-electron chi connectivity index (χ2n) is 27.0. The molecule has 0 spiro atoms. The minimum Gasteiger partial charge on any atom is -0.507 e. The molecule has 6 heterocycles. The number of aliphatic hydroxyl groups is 6. The van der Waals surface area contributed by atoms with Crippen molar-refractivity contribution in [1.82, 2.24) is 31.9 Å². The summed E-state index contributed by atoms with van der Waals surface area (Å²) in [5.41, 5.74) is 3.68. The number of amides is 5. The number of ketones is 3. The molecule has 580 valence electrons. The third kappa shape index (κ3) is 19.7. The topological polar surface area (TPSA) is 530 Å². The summed E-state index contributed by atoms with van der Waals surface area (Å²) >= 11 is 14.1. The van der Waals surface area contributed by atoms with E-state index in [1.165, 1.54) is 63.4 Å². The number of aliphatic hydroxyl groups excluding tert-OH is 6. The summed E-state index contributed by atoms with van der Waals surface area (Å²) in [5, 5.41) is 118. The molecule has 5 aromatic rings. The van der Waals surface area contributed by atoms with Crippen molar-refractivity contribution in [2.24, 2.45) is 23.5 Å². The summed E-state index contributed by atoms with van der Waals surface area (Å²) in [7, 11) is -3.21. The van der Waals surface area contributed by atoms with E-state index >= 15 is 14.4 Å². The Kier molecular flexibility index (Phi) is 26.7. The van der Waals surface area contributed by atoms with Gasteiger partial charge in [0.2, 0.25) is 41.6 Å². The monoisotopic (exact) mass is 1560 g/mol. The molecule has 5 amide bonds. The highest BCUT2D eigenvalue weighted by molar-refractivity contribution is 7.51. The molecule has 2 saturated heterocycles. The maximum absolute atomic E-state index is 15.4. The first-order valence-electron chi connectivity index (χ1n) is 34.4. The van der Waals surface area contributed by atoms with Crippen LogP contribution in [0.1, 0.15) is 127 Å². The number of para-hydroxylation sites is 1. The molecule has 107 heavy (non-hydrogen) atoms. The Hall–Kier alpha value is -8.45. The predicted molar refractivity (Wildman–Crippen MR) is 377 cm³/mol. The van der Waals surface area contributed by atoms with E-state index in [0.29, 0.717) is 0 Å². The Bertz CT molecular complexity index is 4290. The Morgan fingerprint density at radius 3 is 2.00 bits per heavy atom. The predicted octanol–water partition coefficient (Wildman–Crippen LogP) is 3.02. The minimum atomic E-state index is -4.70. The normalized spacial score (nSPS) is 27.3. The van der Waals surface area contributed by atoms with Gasteiger partial charge >= 0.3 is 7.60 Å². The Balaban J connectivity index is 1.21. The van der Waals surface area contributed by atoms with E-state index in [-0.39, 0.29) is 68.7 Å². The molecule has 36 heteroatoms. The van der Waals surface area contributed by atoms with E-state index in [2.05, 4.69) is 31.9 Å². The van der Waals surface area contributed by atoms with Gasteiger partial charge in [-0.2, -0.15) is 0 Å². The number of benzene rings is 5. The summed E-state index contributed by atoms with van der Waals surface area (Å²) in [6.45, 7) is 5.93. The van der Waals surface area contributed by atoms with Crippen molar-refractivity contribution in [3.8, 4) is 57.1 Å². The smallest absolute Gasteiger partial charge is 0.339 e. The maximum Gasteiger partial charge on any atom is 0.339 e. The lowest BCUT2D eigenvalue weighted by Gasteiger charge is -2.44. The molecule has 0 aliphatic carbocycles. The SMILES string of the molecule is [3H]C1(C)CC(OC2C(Oc3c4cc5cc3Oc3ccc(cc3Cl)C(O)C(C(=O)NC(C(C)=O)c3cc(O)c(CNCP(=O)(O)O)c(O)c3-c3ccccc3O)NC(=O)CCC(=O)C5NC(=O)C(CC(N)=O)CC(=O)C(NC(=O)C(CC(C)C)NC)C(O)c3ccc(c(Cl)c3)O4)OC(CO)C(O)C2O)OC(C)C1O. The molecule has 17 unspecified atom stereocenters. The zero-order valence-corrected chi connectivity index (χ0v) is 60.9. The summed E-state index contributed by atoms with van der Waals surface area (Å²) in [6, 6.07) is 6.33. The van der Waals surface area contributed by atoms with Gasteiger partial charge in [0.05, 0.1) is 52.7 Å². The van der Waals surface area contributed by atoms with Crippen LogP contribution in [0.5, 0.6) is 46.0 Å². The molecule has 0 radical (unpaired) electrons. The average molecular weight is 1560 g/mol. The molecule has 33 nitrogen and oxygen atoms in total. The number of ether oxygens (including phenoxy) is 6. The lowest BCUT2D eigenvalue weighted by Crippen LogP contribution is -2.62.